The minimum absolute atomic E-state index is 0.145. The third-order valence-corrected chi connectivity index (χ3v) is 6.77. The van der Waals surface area contributed by atoms with Gasteiger partial charge < -0.3 is 14.2 Å². The number of rotatable bonds is 8. The van der Waals surface area contributed by atoms with Crippen LogP contribution in [0.3, 0.4) is 0 Å². The summed E-state index contributed by atoms with van der Waals surface area (Å²) in [7, 11) is 1.61. The standard InChI is InChI=1S/C26H30N2O4/c1-3-31-23-17-21(9-10-22(23)30-2)25(19-27)13-15-28(16-14-25)26(11-12-26)24(29)32-18-20-7-5-4-6-8-20/h4-10,17H,3,11-16,18H2,1-2H3. The number of likely N-dealkylation sites (tertiary alicyclic amines) is 1. The predicted molar refractivity (Wildman–Crippen MR) is 120 cm³/mol. The first-order valence-corrected chi connectivity index (χ1v) is 11.3. The Kier molecular flexibility index (Phi) is 6.38. The minimum atomic E-state index is -0.599. The zero-order valence-corrected chi connectivity index (χ0v) is 18.8. The van der Waals surface area contributed by atoms with Crippen LogP contribution in [0.2, 0.25) is 0 Å². The maximum atomic E-state index is 12.9. The van der Waals surface area contributed by atoms with E-state index in [0.717, 1.165) is 24.0 Å². The second-order valence-electron chi connectivity index (χ2n) is 8.57. The molecule has 0 N–H and O–H groups in total. The highest BCUT2D eigenvalue weighted by molar-refractivity contribution is 5.84. The van der Waals surface area contributed by atoms with Gasteiger partial charge in [0.15, 0.2) is 11.5 Å². The SMILES string of the molecule is CCOc1cc(C2(C#N)CCN(C3(C(=O)OCc4ccccc4)CC3)CC2)ccc1OC. The van der Waals surface area contributed by atoms with Gasteiger partial charge in [0.2, 0.25) is 0 Å². The number of nitriles is 1. The first-order chi connectivity index (χ1) is 15.6. The van der Waals surface area contributed by atoms with Gasteiger partial charge in [-0.2, -0.15) is 5.26 Å². The molecule has 1 aliphatic heterocycles. The van der Waals surface area contributed by atoms with E-state index in [1.54, 1.807) is 7.11 Å². The number of piperidine rings is 1. The molecule has 0 spiro atoms. The van der Waals surface area contributed by atoms with Crippen molar-refractivity contribution in [1.82, 2.24) is 4.90 Å². The van der Waals surface area contributed by atoms with Crippen LogP contribution in [-0.4, -0.2) is 43.2 Å². The lowest BCUT2D eigenvalue weighted by molar-refractivity contribution is -0.154. The van der Waals surface area contributed by atoms with Crippen molar-refractivity contribution in [2.24, 2.45) is 0 Å². The van der Waals surface area contributed by atoms with Crippen LogP contribution >= 0.6 is 0 Å². The van der Waals surface area contributed by atoms with Crippen LogP contribution in [0.15, 0.2) is 48.5 Å². The number of carbonyl (C=O) groups excluding carboxylic acids is 1. The maximum Gasteiger partial charge on any atom is 0.326 e. The third-order valence-electron chi connectivity index (χ3n) is 6.77. The Balaban J connectivity index is 1.44. The van der Waals surface area contributed by atoms with Crippen LogP contribution in [0.5, 0.6) is 11.5 Å². The van der Waals surface area contributed by atoms with Gasteiger partial charge in [-0.1, -0.05) is 36.4 Å². The van der Waals surface area contributed by atoms with Crippen LogP contribution in [0, 0.1) is 11.3 Å². The average Bonchev–Trinajstić information content (AvgIpc) is 3.65. The molecule has 4 rings (SSSR count). The van der Waals surface area contributed by atoms with Crippen LogP contribution < -0.4 is 9.47 Å². The molecule has 0 radical (unpaired) electrons. The summed E-state index contributed by atoms with van der Waals surface area (Å²) < 4.78 is 16.8. The van der Waals surface area contributed by atoms with Crippen LogP contribution in [0.25, 0.3) is 0 Å². The largest absolute Gasteiger partial charge is 0.493 e. The Hall–Kier alpha value is -3.04. The van der Waals surface area contributed by atoms with Crippen molar-refractivity contribution in [3.8, 4) is 17.6 Å². The summed E-state index contributed by atoms with van der Waals surface area (Å²) in [6, 6.07) is 18.1. The topological polar surface area (TPSA) is 71.8 Å². The van der Waals surface area contributed by atoms with Crippen LogP contribution in [0.1, 0.15) is 43.7 Å². The molecule has 0 unspecified atom stereocenters. The van der Waals surface area contributed by atoms with E-state index in [4.69, 9.17) is 14.2 Å². The van der Waals surface area contributed by atoms with E-state index in [-0.39, 0.29) is 5.97 Å². The zero-order valence-electron chi connectivity index (χ0n) is 18.8. The molecule has 0 aromatic heterocycles. The third kappa shape index (κ3) is 4.18. The fourth-order valence-corrected chi connectivity index (χ4v) is 4.65. The smallest absolute Gasteiger partial charge is 0.326 e. The number of esters is 1. The summed E-state index contributed by atoms with van der Waals surface area (Å²) in [4.78, 5) is 15.2. The van der Waals surface area contributed by atoms with Crippen molar-refractivity contribution >= 4 is 5.97 Å². The van der Waals surface area contributed by atoms with Crippen LogP contribution in [0.4, 0.5) is 0 Å². The Morgan fingerprint density at radius 2 is 1.78 bits per heavy atom. The molecule has 6 heteroatoms. The molecule has 0 amide bonds. The number of benzene rings is 2. The summed E-state index contributed by atoms with van der Waals surface area (Å²) in [5.74, 6) is 1.18. The van der Waals surface area contributed by atoms with E-state index in [0.29, 0.717) is 50.6 Å². The number of ether oxygens (including phenoxy) is 3. The Bertz CT molecular complexity index is 987. The fourth-order valence-electron chi connectivity index (χ4n) is 4.65. The monoisotopic (exact) mass is 434 g/mol. The van der Waals surface area contributed by atoms with Gasteiger partial charge in [0.1, 0.15) is 12.1 Å². The molecule has 32 heavy (non-hydrogen) atoms. The maximum absolute atomic E-state index is 12.9. The molecule has 1 aliphatic carbocycles. The number of nitrogens with zero attached hydrogens (tertiary/aromatic N) is 2. The highest BCUT2D eigenvalue weighted by Gasteiger charge is 2.57. The normalized spacial score (nSPS) is 18.9. The Morgan fingerprint density at radius 3 is 2.38 bits per heavy atom. The van der Waals surface area contributed by atoms with Gasteiger partial charge in [-0.25, -0.2) is 0 Å². The van der Waals surface area contributed by atoms with Crippen LogP contribution in [-0.2, 0) is 21.6 Å². The first-order valence-electron chi connectivity index (χ1n) is 11.3. The van der Waals surface area contributed by atoms with Crippen molar-refractivity contribution < 1.29 is 19.0 Å². The Morgan fingerprint density at radius 1 is 1.06 bits per heavy atom. The molecule has 2 fully saturated rings. The van der Waals surface area contributed by atoms with Gasteiger partial charge in [-0.05, 0) is 55.9 Å². The van der Waals surface area contributed by atoms with Crippen molar-refractivity contribution in [1.29, 1.82) is 5.26 Å². The predicted octanol–water partition coefficient (Wildman–Crippen LogP) is 4.23. The first kappa shape index (κ1) is 22.2. The molecule has 2 aromatic rings. The van der Waals surface area contributed by atoms with E-state index in [9.17, 15) is 10.1 Å². The number of carbonyl (C=O) groups is 1. The average molecular weight is 435 g/mol. The van der Waals surface area contributed by atoms with Gasteiger partial charge in [0.05, 0.1) is 25.2 Å². The summed E-state index contributed by atoms with van der Waals surface area (Å²) in [6.07, 6.45) is 2.96. The highest BCUT2D eigenvalue weighted by Crippen LogP contribution is 2.47. The summed E-state index contributed by atoms with van der Waals surface area (Å²) in [6.45, 7) is 4.12. The van der Waals surface area contributed by atoms with Gasteiger partial charge in [0, 0.05) is 13.1 Å². The van der Waals surface area contributed by atoms with Gasteiger partial charge in [-0.15, -0.1) is 0 Å². The highest BCUT2D eigenvalue weighted by atomic mass is 16.5. The molecular formula is C26H30N2O4. The zero-order chi connectivity index (χ0) is 22.6. The van der Waals surface area contributed by atoms with Gasteiger partial charge >= 0.3 is 5.97 Å². The van der Waals surface area contributed by atoms with E-state index in [1.807, 2.05) is 55.5 Å². The quantitative estimate of drug-likeness (QED) is 0.579. The van der Waals surface area contributed by atoms with Crippen molar-refractivity contribution in [3.63, 3.8) is 0 Å². The van der Waals surface area contributed by atoms with Gasteiger partial charge in [0.25, 0.3) is 0 Å². The van der Waals surface area contributed by atoms with Crippen molar-refractivity contribution in [2.75, 3.05) is 26.8 Å². The van der Waals surface area contributed by atoms with Gasteiger partial charge in [-0.3, -0.25) is 9.69 Å². The molecule has 1 heterocycles. The van der Waals surface area contributed by atoms with E-state index < -0.39 is 11.0 Å². The molecule has 0 bridgehead atoms. The van der Waals surface area contributed by atoms with E-state index in [2.05, 4.69) is 11.0 Å². The lowest BCUT2D eigenvalue weighted by atomic mass is 9.73. The fraction of sp³-hybridized carbons (Fsp3) is 0.462. The van der Waals surface area contributed by atoms with Crippen molar-refractivity contribution in [3.05, 3.63) is 59.7 Å². The molecular weight excluding hydrogens is 404 g/mol. The second kappa shape index (κ2) is 9.22. The number of hydrogen-bond donors (Lipinski definition) is 0. The molecule has 1 saturated carbocycles. The van der Waals surface area contributed by atoms with E-state index >= 15 is 0 Å². The summed E-state index contributed by atoms with van der Waals surface area (Å²) in [5, 5.41) is 10.1. The number of hydrogen-bond acceptors (Lipinski definition) is 6. The summed E-state index contributed by atoms with van der Waals surface area (Å²) >= 11 is 0. The number of methoxy groups -OCH3 is 1. The lowest BCUT2D eigenvalue weighted by Crippen LogP contribution is -2.51. The van der Waals surface area contributed by atoms with Crippen molar-refractivity contribution in [2.45, 2.75) is 50.2 Å². The Labute approximate surface area is 189 Å². The lowest BCUT2D eigenvalue weighted by Gasteiger charge is -2.41. The molecule has 0 atom stereocenters. The molecule has 168 valence electrons. The second-order valence-corrected chi connectivity index (χ2v) is 8.57. The molecule has 6 nitrogen and oxygen atoms in total. The molecule has 1 saturated heterocycles. The van der Waals surface area contributed by atoms with E-state index in [1.165, 1.54) is 0 Å². The molecule has 2 aromatic carbocycles. The molecule has 2 aliphatic rings. The minimum Gasteiger partial charge on any atom is -0.493 e. The summed E-state index contributed by atoms with van der Waals surface area (Å²) in [5.41, 5.74) is 0.814.